The molecule has 138 valence electrons. The highest BCUT2D eigenvalue weighted by molar-refractivity contribution is 7.88. The first-order valence-corrected chi connectivity index (χ1v) is 11.1. The predicted molar refractivity (Wildman–Crippen MR) is 98.6 cm³/mol. The molecule has 1 aromatic carbocycles. The first kappa shape index (κ1) is 18.4. The standard InChI is InChI=1S/C19H28N2O3S/c1-25(23,24)21-13-5-8-18(21)19(22)20-14-11-17(12-15-20)10-9-16-6-3-2-4-7-16/h2-4,6-7,17-18H,5,8-15H2,1H3/t18-/m0/s1. The zero-order chi connectivity index (χ0) is 17.9. The molecule has 1 amide bonds. The van der Waals surface area contributed by atoms with Crippen molar-refractivity contribution in [1.82, 2.24) is 9.21 Å². The van der Waals surface area contributed by atoms with E-state index >= 15 is 0 Å². The zero-order valence-electron chi connectivity index (χ0n) is 14.9. The molecule has 2 heterocycles. The topological polar surface area (TPSA) is 57.7 Å². The quantitative estimate of drug-likeness (QED) is 0.805. The second-order valence-electron chi connectivity index (χ2n) is 7.32. The number of nitrogens with zero attached hydrogens (tertiary/aromatic N) is 2. The van der Waals surface area contributed by atoms with Crippen LogP contribution in [-0.4, -0.2) is 55.5 Å². The first-order valence-electron chi connectivity index (χ1n) is 9.24. The Balaban J connectivity index is 1.49. The van der Waals surface area contributed by atoms with E-state index in [9.17, 15) is 13.2 Å². The van der Waals surface area contributed by atoms with Gasteiger partial charge in [-0.05, 0) is 50.0 Å². The third kappa shape index (κ3) is 4.61. The third-order valence-corrected chi connectivity index (χ3v) is 6.81. The highest BCUT2D eigenvalue weighted by atomic mass is 32.2. The molecule has 1 aromatic rings. The van der Waals surface area contributed by atoms with Crippen LogP contribution in [0.2, 0.25) is 0 Å². The monoisotopic (exact) mass is 364 g/mol. The second kappa shape index (κ2) is 7.87. The molecule has 0 N–H and O–H groups in total. The molecule has 0 bridgehead atoms. The molecule has 0 saturated carbocycles. The van der Waals surface area contributed by atoms with Gasteiger partial charge in [0.05, 0.1) is 6.26 Å². The van der Waals surface area contributed by atoms with Crippen molar-refractivity contribution in [2.75, 3.05) is 25.9 Å². The fourth-order valence-electron chi connectivity index (χ4n) is 4.05. The van der Waals surface area contributed by atoms with Crippen LogP contribution in [0.5, 0.6) is 0 Å². The Hall–Kier alpha value is -1.40. The number of hydrogen-bond acceptors (Lipinski definition) is 3. The summed E-state index contributed by atoms with van der Waals surface area (Å²) in [5.41, 5.74) is 1.37. The van der Waals surface area contributed by atoms with Crippen molar-refractivity contribution in [2.24, 2.45) is 5.92 Å². The summed E-state index contributed by atoms with van der Waals surface area (Å²) in [7, 11) is -3.30. The lowest BCUT2D eigenvalue weighted by Gasteiger charge is -2.35. The largest absolute Gasteiger partial charge is 0.341 e. The van der Waals surface area contributed by atoms with Crippen LogP contribution in [-0.2, 0) is 21.2 Å². The van der Waals surface area contributed by atoms with Gasteiger partial charge in [-0.1, -0.05) is 30.3 Å². The molecule has 2 aliphatic rings. The number of piperidine rings is 1. The summed E-state index contributed by atoms with van der Waals surface area (Å²) in [4.78, 5) is 14.6. The molecule has 25 heavy (non-hydrogen) atoms. The lowest BCUT2D eigenvalue weighted by atomic mass is 9.90. The molecule has 2 saturated heterocycles. The van der Waals surface area contributed by atoms with E-state index in [1.807, 2.05) is 11.0 Å². The average Bonchev–Trinajstić information content (AvgIpc) is 3.11. The van der Waals surface area contributed by atoms with Gasteiger partial charge in [0.25, 0.3) is 0 Å². The van der Waals surface area contributed by atoms with E-state index in [-0.39, 0.29) is 5.91 Å². The average molecular weight is 365 g/mol. The van der Waals surface area contributed by atoms with Crippen LogP contribution in [0.15, 0.2) is 30.3 Å². The van der Waals surface area contributed by atoms with Crippen molar-refractivity contribution in [1.29, 1.82) is 0 Å². The van der Waals surface area contributed by atoms with Crippen molar-refractivity contribution >= 4 is 15.9 Å². The number of carbonyl (C=O) groups is 1. The summed E-state index contributed by atoms with van der Waals surface area (Å²) in [5.74, 6) is 0.656. The van der Waals surface area contributed by atoms with Crippen molar-refractivity contribution in [3.63, 3.8) is 0 Å². The lowest BCUT2D eigenvalue weighted by molar-refractivity contribution is -0.136. The lowest BCUT2D eigenvalue weighted by Crippen LogP contribution is -2.49. The highest BCUT2D eigenvalue weighted by Gasteiger charge is 2.39. The molecule has 0 unspecified atom stereocenters. The maximum absolute atomic E-state index is 12.8. The minimum absolute atomic E-state index is 0.00411. The molecular formula is C19H28N2O3S. The SMILES string of the molecule is CS(=O)(=O)N1CCC[C@H]1C(=O)N1CCC(CCc2ccccc2)CC1. The van der Waals surface area contributed by atoms with Crippen LogP contribution < -0.4 is 0 Å². The molecule has 0 aliphatic carbocycles. The summed E-state index contributed by atoms with van der Waals surface area (Å²) in [6.07, 6.45) is 6.91. The number of rotatable bonds is 5. The number of sulfonamides is 1. The van der Waals surface area contributed by atoms with E-state index in [2.05, 4.69) is 24.3 Å². The van der Waals surface area contributed by atoms with Crippen LogP contribution in [0.4, 0.5) is 0 Å². The van der Waals surface area contributed by atoms with Crippen molar-refractivity contribution < 1.29 is 13.2 Å². The molecule has 0 aromatic heterocycles. The number of amides is 1. The smallest absolute Gasteiger partial charge is 0.241 e. The Bertz CT molecular complexity index is 682. The van der Waals surface area contributed by atoms with Gasteiger partial charge in [0, 0.05) is 19.6 Å². The van der Waals surface area contributed by atoms with Gasteiger partial charge in [0.1, 0.15) is 6.04 Å². The van der Waals surface area contributed by atoms with Gasteiger partial charge >= 0.3 is 0 Å². The molecular weight excluding hydrogens is 336 g/mol. The molecule has 6 heteroatoms. The van der Waals surface area contributed by atoms with E-state index in [0.717, 1.165) is 45.2 Å². The van der Waals surface area contributed by atoms with Crippen LogP contribution in [0.1, 0.15) is 37.7 Å². The van der Waals surface area contributed by atoms with E-state index in [1.54, 1.807) is 0 Å². The Labute approximate surface area is 151 Å². The molecule has 0 spiro atoms. The summed E-state index contributed by atoms with van der Waals surface area (Å²) in [6, 6.07) is 10.0. The van der Waals surface area contributed by atoms with Gasteiger partial charge in [-0.25, -0.2) is 8.42 Å². The Kier molecular flexibility index (Phi) is 5.79. The number of benzene rings is 1. The number of aryl methyl sites for hydroxylation is 1. The van der Waals surface area contributed by atoms with Crippen LogP contribution in [0, 0.1) is 5.92 Å². The normalized spacial score (nSPS) is 23.1. The molecule has 2 aliphatic heterocycles. The first-order chi connectivity index (χ1) is 11.9. The summed E-state index contributed by atoms with van der Waals surface area (Å²) >= 11 is 0. The van der Waals surface area contributed by atoms with Gasteiger partial charge < -0.3 is 4.90 Å². The molecule has 1 atom stereocenters. The van der Waals surface area contributed by atoms with Crippen molar-refractivity contribution in [3.8, 4) is 0 Å². The van der Waals surface area contributed by atoms with Gasteiger partial charge in [0.2, 0.25) is 15.9 Å². The van der Waals surface area contributed by atoms with Gasteiger partial charge in [-0.2, -0.15) is 4.31 Å². The summed E-state index contributed by atoms with van der Waals surface area (Å²) < 4.78 is 25.1. The number of likely N-dealkylation sites (tertiary alicyclic amines) is 1. The Morgan fingerprint density at radius 3 is 2.40 bits per heavy atom. The van der Waals surface area contributed by atoms with Gasteiger partial charge in [0.15, 0.2) is 0 Å². The van der Waals surface area contributed by atoms with Crippen molar-refractivity contribution in [3.05, 3.63) is 35.9 Å². The zero-order valence-corrected chi connectivity index (χ0v) is 15.7. The van der Waals surface area contributed by atoms with E-state index in [0.29, 0.717) is 18.9 Å². The van der Waals surface area contributed by atoms with E-state index in [4.69, 9.17) is 0 Å². The fourth-order valence-corrected chi connectivity index (χ4v) is 5.17. The number of hydrogen-bond donors (Lipinski definition) is 0. The minimum atomic E-state index is -3.30. The maximum atomic E-state index is 12.8. The molecule has 2 fully saturated rings. The highest BCUT2D eigenvalue weighted by Crippen LogP contribution is 2.26. The summed E-state index contributed by atoms with van der Waals surface area (Å²) in [5, 5.41) is 0. The maximum Gasteiger partial charge on any atom is 0.241 e. The number of carbonyl (C=O) groups excluding carboxylic acids is 1. The third-order valence-electron chi connectivity index (χ3n) is 5.53. The van der Waals surface area contributed by atoms with Crippen LogP contribution in [0.3, 0.4) is 0 Å². The van der Waals surface area contributed by atoms with Gasteiger partial charge in [-0.3, -0.25) is 4.79 Å². The van der Waals surface area contributed by atoms with E-state index < -0.39 is 16.1 Å². The predicted octanol–water partition coefficient (Wildman–Crippen LogP) is 2.28. The Morgan fingerprint density at radius 1 is 1.08 bits per heavy atom. The Morgan fingerprint density at radius 2 is 1.76 bits per heavy atom. The molecule has 0 radical (unpaired) electrons. The molecule has 5 nitrogen and oxygen atoms in total. The summed E-state index contributed by atoms with van der Waals surface area (Å²) in [6.45, 7) is 1.99. The minimum Gasteiger partial charge on any atom is -0.341 e. The van der Waals surface area contributed by atoms with E-state index in [1.165, 1.54) is 16.1 Å². The van der Waals surface area contributed by atoms with Crippen LogP contribution >= 0.6 is 0 Å². The van der Waals surface area contributed by atoms with Gasteiger partial charge in [-0.15, -0.1) is 0 Å². The van der Waals surface area contributed by atoms with Crippen molar-refractivity contribution in [2.45, 2.75) is 44.6 Å². The fraction of sp³-hybridized carbons (Fsp3) is 0.632. The second-order valence-corrected chi connectivity index (χ2v) is 9.26. The molecule has 3 rings (SSSR count). The van der Waals surface area contributed by atoms with Crippen LogP contribution in [0.25, 0.3) is 0 Å².